The van der Waals surface area contributed by atoms with Crippen molar-refractivity contribution >= 4 is 55.1 Å². The van der Waals surface area contributed by atoms with Crippen molar-refractivity contribution in [3.63, 3.8) is 0 Å². The fraction of sp³-hybridized carbons (Fsp3) is 0.174. The van der Waals surface area contributed by atoms with E-state index >= 15 is 0 Å². The van der Waals surface area contributed by atoms with Crippen LogP contribution in [0.15, 0.2) is 63.9 Å². The second-order valence-corrected chi connectivity index (χ2v) is 11.8. The van der Waals surface area contributed by atoms with Gasteiger partial charge in [-0.1, -0.05) is 23.7 Å². The molecule has 0 saturated carbocycles. The fourth-order valence-corrected chi connectivity index (χ4v) is 6.71. The number of thiophene rings is 1. The summed E-state index contributed by atoms with van der Waals surface area (Å²) in [5.74, 6) is -1.00. The molecule has 168 valence electrons. The summed E-state index contributed by atoms with van der Waals surface area (Å²) >= 11 is 6.74. The number of sulfone groups is 1. The summed E-state index contributed by atoms with van der Waals surface area (Å²) in [7, 11) is -3.71. The number of aromatic nitrogens is 2. The SMILES string of the molecule is O=C(Cc1ccc(-n2cnc3cc4c(cc3c2=O)CCN4)cc1)CS(=O)(=O)c1ccc(Cl)s1. The van der Waals surface area contributed by atoms with Crippen molar-refractivity contribution in [2.24, 2.45) is 0 Å². The monoisotopic (exact) mass is 499 g/mol. The highest BCUT2D eigenvalue weighted by molar-refractivity contribution is 7.94. The van der Waals surface area contributed by atoms with Crippen molar-refractivity contribution < 1.29 is 13.2 Å². The first kappa shape index (κ1) is 21.8. The number of rotatable bonds is 6. The zero-order valence-electron chi connectivity index (χ0n) is 17.2. The molecule has 0 radical (unpaired) electrons. The molecular weight excluding hydrogens is 482 g/mol. The van der Waals surface area contributed by atoms with Gasteiger partial charge in [-0.25, -0.2) is 13.4 Å². The zero-order chi connectivity index (χ0) is 23.2. The van der Waals surface area contributed by atoms with E-state index in [1.54, 1.807) is 24.3 Å². The molecule has 4 aromatic rings. The first-order valence-electron chi connectivity index (χ1n) is 10.2. The third-order valence-corrected chi connectivity index (χ3v) is 9.00. The Bertz CT molecular complexity index is 1560. The Hall–Kier alpha value is -3.01. The molecule has 0 bridgehead atoms. The molecule has 0 spiro atoms. The van der Waals surface area contributed by atoms with Crippen LogP contribution in [0.25, 0.3) is 16.6 Å². The molecule has 3 heterocycles. The van der Waals surface area contributed by atoms with E-state index in [9.17, 15) is 18.0 Å². The van der Waals surface area contributed by atoms with Gasteiger partial charge in [-0.3, -0.25) is 14.2 Å². The zero-order valence-corrected chi connectivity index (χ0v) is 19.6. The predicted octanol–water partition coefficient (Wildman–Crippen LogP) is 3.65. The number of ketones is 1. The van der Waals surface area contributed by atoms with Gasteiger partial charge in [-0.05, 0) is 53.9 Å². The highest BCUT2D eigenvalue weighted by atomic mass is 35.5. The Labute approximate surface area is 198 Å². The summed E-state index contributed by atoms with van der Waals surface area (Å²) in [5, 5.41) is 3.84. The van der Waals surface area contributed by atoms with Crippen molar-refractivity contribution in [2.45, 2.75) is 17.1 Å². The van der Waals surface area contributed by atoms with Crippen molar-refractivity contribution in [3.05, 3.63) is 80.7 Å². The van der Waals surface area contributed by atoms with Gasteiger partial charge in [0.25, 0.3) is 5.56 Å². The number of hydrogen-bond acceptors (Lipinski definition) is 7. The second-order valence-electron chi connectivity index (χ2n) is 7.82. The second kappa shape index (κ2) is 8.40. The molecule has 0 fully saturated rings. The third-order valence-electron chi connectivity index (χ3n) is 5.51. The summed E-state index contributed by atoms with van der Waals surface area (Å²) < 4.78 is 26.7. The van der Waals surface area contributed by atoms with Gasteiger partial charge in [0.2, 0.25) is 0 Å². The lowest BCUT2D eigenvalue weighted by Crippen LogP contribution is -2.19. The molecule has 1 aliphatic heterocycles. The Morgan fingerprint density at radius 3 is 2.67 bits per heavy atom. The van der Waals surface area contributed by atoms with Gasteiger partial charge in [0.05, 0.1) is 20.9 Å². The number of Topliss-reactive ketones (excluding diaryl/α,β-unsaturated/α-hetero) is 1. The average molecular weight is 500 g/mol. The van der Waals surface area contributed by atoms with Gasteiger partial charge >= 0.3 is 0 Å². The van der Waals surface area contributed by atoms with Crippen LogP contribution in [0.4, 0.5) is 5.69 Å². The Morgan fingerprint density at radius 2 is 1.94 bits per heavy atom. The van der Waals surface area contributed by atoms with Crippen molar-refractivity contribution in [3.8, 4) is 5.69 Å². The van der Waals surface area contributed by atoms with Gasteiger partial charge in [-0.2, -0.15) is 0 Å². The van der Waals surface area contributed by atoms with Crippen LogP contribution in [0, 0.1) is 0 Å². The van der Waals surface area contributed by atoms with E-state index in [4.69, 9.17) is 11.6 Å². The molecule has 0 aliphatic carbocycles. The Balaban J connectivity index is 1.35. The topological polar surface area (TPSA) is 98.1 Å². The van der Waals surface area contributed by atoms with E-state index in [1.807, 2.05) is 12.1 Å². The van der Waals surface area contributed by atoms with Crippen LogP contribution in [0.3, 0.4) is 0 Å². The van der Waals surface area contributed by atoms with E-state index < -0.39 is 21.4 Å². The highest BCUT2D eigenvalue weighted by Crippen LogP contribution is 2.27. The normalized spacial score (nSPS) is 13.1. The van der Waals surface area contributed by atoms with Crippen LogP contribution in [0.1, 0.15) is 11.1 Å². The number of halogens is 1. The van der Waals surface area contributed by atoms with Crippen LogP contribution in [-0.4, -0.2) is 36.0 Å². The van der Waals surface area contributed by atoms with E-state index in [2.05, 4.69) is 10.3 Å². The molecule has 5 rings (SSSR count). The molecule has 1 N–H and O–H groups in total. The first-order valence-corrected chi connectivity index (χ1v) is 13.0. The Morgan fingerprint density at radius 1 is 1.15 bits per heavy atom. The standard InChI is InChI=1S/C23H18ClN3O4S2/c24-21-5-6-22(32-21)33(30,31)12-17(28)9-14-1-3-16(4-2-14)27-13-26-20-11-19-15(7-8-25-19)10-18(20)23(27)29/h1-6,10-11,13,25H,7-9,12H2. The van der Waals surface area contributed by atoms with Crippen LogP contribution >= 0.6 is 22.9 Å². The van der Waals surface area contributed by atoms with E-state index in [1.165, 1.54) is 23.0 Å². The highest BCUT2D eigenvalue weighted by Gasteiger charge is 2.21. The maximum absolute atomic E-state index is 13.1. The molecule has 33 heavy (non-hydrogen) atoms. The predicted molar refractivity (Wildman–Crippen MR) is 130 cm³/mol. The van der Waals surface area contributed by atoms with Gasteiger partial charge in [0.1, 0.15) is 16.3 Å². The van der Waals surface area contributed by atoms with Crippen LogP contribution in [0.2, 0.25) is 4.34 Å². The van der Waals surface area contributed by atoms with E-state index in [0.717, 1.165) is 35.6 Å². The number of anilines is 1. The number of benzene rings is 2. The maximum Gasteiger partial charge on any atom is 0.265 e. The molecule has 0 unspecified atom stereocenters. The fourth-order valence-electron chi connectivity index (χ4n) is 3.90. The summed E-state index contributed by atoms with van der Waals surface area (Å²) in [6.07, 6.45) is 2.34. The molecular formula is C23H18ClN3O4S2. The summed E-state index contributed by atoms with van der Waals surface area (Å²) in [6.45, 7) is 0.850. The molecule has 7 nitrogen and oxygen atoms in total. The first-order chi connectivity index (χ1) is 15.8. The molecule has 2 aromatic heterocycles. The quantitative estimate of drug-likeness (QED) is 0.435. The van der Waals surface area contributed by atoms with Crippen molar-refractivity contribution in [1.82, 2.24) is 9.55 Å². The maximum atomic E-state index is 13.1. The van der Waals surface area contributed by atoms with Crippen LogP contribution in [-0.2, 0) is 27.5 Å². The van der Waals surface area contributed by atoms with E-state index in [0.29, 0.717) is 26.5 Å². The minimum atomic E-state index is -3.71. The molecule has 1 aliphatic rings. The smallest absolute Gasteiger partial charge is 0.265 e. The molecule has 0 atom stereocenters. The third kappa shape index (κ3) is 4.31. The van der Waals surface area contributed by atoms with Crippen LogP contribution in [0.5, 0.6) is 0 Å². The van der Waals surface area contributed by atoms with Gasteiger partial charge < -0.3 is 5.32 Å². The number of carbonyl (C=O) groups is 1. The largest absolute Gasteiger partial charge is 0.384 e. The minimum absolute atomic E-state index is 0.0252. The number of nitrogens with zero attached hydrogens (tertiary/aromatic N) is 2. The number of fused-ring (bicyclic) bond motifs is 2. The van der Waals surface area contributed by atoms with Crippen molar-refractivity contribution in [2.75, 3.05) is 17.6 Å². The Kier molecular flexibility index (Phi) is 5.55. The average Bonchev–Trinajstić information content (AvgIpc) is 3.42. The van der Waals surface area contributed by atoms with Gasteiger partial charge in [0, 0.05) is 18.7 Å². The summed E-state index contributed by atoms with van der Waals surface area (Å²) in [5.41, 5.74) is 3.87. The molecule has 0 amide bonds. The van der Waals surface area contributed by atoms with E-state index in [-0.39, 0.29) is 16.2 Å². The lowest BCUT2D eigenvalue weighted by atomic mass is 10.1. The minimum Gasteiger partial charge on any atom is -0.384 e. The summed E-state index contributed by atoms with van der Waals surface area (Å²) in [6, 6.07) is 13.6. The molecule has 2 aromatic carbocycles. The number of carbonyl (C=O) groups excluding carboxylic acids is 1. The lowest BCUT2D eigenvalue weighted by molar-refractivity contribution is -0.116. The number of nitrogens with one attached hydrogen (secondary N) is 1. The summed E-state index contributed by atoms with van der Waals surface area (Å²) in [4.78, 5) is 29.9. The lowest BCUT2D eigenvalue weighted by Gasteiger charge is -2.09. The number of hydrogen-bond donors (Lipinski definition) is 1. The van der Waals surface area contributed by atoms with Crippen LogP contribution < -0.4 is 10.9 Å². The molecule has 10 heteroatoms. The van der Waals surface area contributed by atoms with Gasteiger partial charge in [0.15, 0.2) is 15.6 Å². The molecule has 0 saturated heterocycles. The van der Waals surface area contributed by atoms with Crippen molar-refractivity contribution in [1.29, 1.82) is 0 Å². The van der Waals surface area contributed by atoms with Gasteiger partial charge in [-0.15, -0.1) is 11.3 Å².